The van der Waals surface area contributed by atoms with Gasteiger partial charge in [-0.25, -0.2) is 4.98 Å². The molecule has 3 nitrogen and oxygen atoms in total. The van der Waals surface area contributed by atoms with Gasteiger partial charge in [0.25, 0.3) is 0 Å². The lowest BCUT2D eigenvalue weighted by Gasteiger charge is -2.14. The molecule has 1 unspecified atom stereocenters. The molecular weight excluding hydrogens is 188 g/mol. The third kappa shape index (κ3) is 3.88. The van der Waals surface area contributed by atoms with Crippen LogP contribution in [0.2, 0.25) is 0 Å². The molecule has 1 heterocycles. The zero-order valence-electron chi connectivity index (χ0n) is 9.79. The fourth-order valence-electron chi connectivity index (χ4n) is 1.40. The topological polar surface area (TPSA) is 34.2 Å². The van der Waals surface area contributed by atoms with Crippen LogP contribution >= 0.6 is 0 Å². The molecule has 1 rings (SSSR count). The standard InChI is InChI=1S/C12H20N2O/c1-4-7-13-10(3)11-6-8-14-12(9-11)15-5-2/h6,8-10,13H,4-5,7H2,1-3H3. The van der Waals surface area contributed by atoms with Crippen LogP contribution in [-0.2, 0) is 0 Å². The summed E-state index contributed by atoms with van der Waals surface area (Å²) in [6.07, 6.45) is 2.94. The molecule has 3 heteroatoms. The zero-order chi connectivity index (χ0) is 11.1. The molecule has 1 atom stereocenters. The van der Waals surface area contributed by atoms with E-state index in [1.54, 1.807) is 6.20 Å². The van der Waals surface area contributed by atoms with Gasteiger partial charge in [-0.3, -0.25) is 0 Å². The van der Waals surface area contributed by atoms with Crippen molar-refractivity contribution in [1.29, 1.82) is 0 Å². The molecule has 0 saturated carbocycles. The number of hydrogen-bond donors (Lipinski definition) is 1. The van der Waals surface area contributed by atoms with E-state index in [1.165, 1.54) is 5.56 Å². The van der Waals surface area contributed by atoms with Crippen LogP contribution in [0.3, 0.4) is 0 Å². The monoisotopic (exact) mass is 208 g/mol. The van der Waals surface area contributed by atoms with Gasteiger partial charge in [-0.1, -0.05) is 6.92 Å². The largest absolute Gasteiger partial charge is 0.478 e. The first-order valence-electron chi connectivity index (χ1n) is 5.60. The predicted molar refractivity (Wildman–Crippen MR) is 62.1 cm³/mol. The summed E-state index contributed by atoms with van der Waals surface area (Å²) in [7, 11) is 0. The third-order valence-corrected chi connectivity index (χ3v) is 2.25. The van der Waals surface area contributed by atoms with E-state index in [1.807, 2.05) is 19.1 Å². The quantitative estimate of drug-likeness (QED) is 0.780. The summed E-state index contributed by atoms with van der Waals surface area (Å²) in [6.45, 7) is 7.98. The van der Waals surface area contributed by atoms with Crippen LogP contribution in [0, 0.1) is 0 Å². The Morgan fingerprint density at radius 3 is 2.93 bits per heavy atom. The van der Waals surface area contributed by atoms with Gasteiger partial charge in [0.05, 0.1) is 6.61 Å². The van der Waals surface area contributed by atoms with E-state index in [0.717, 1.165) is 13.0 Å². The summed E-state index contributed by atoms with van der Waals surface area (Å²) in [6, 6.07) is 4.37. The molecule has 0 aliphatic heterocycles. The maximum atomic E-state index is 5.36. The van der Waals surface area contributed by atoms with Crippen molar-refractivity contribution in [2.75, 3.05) is 13.2 Å². The molecular formula is C12H20N2O. The lowest BCUT2D eigenvalue weighted by molar-refractivity contribution is 0.326. The lowest BCUT2D eigenvalue weighted by Crippen LogP contribution is -2.19. The fraction of sp³-hybridized carbons (Fsp3) is 0.583. The second-order valence-electron chi connectivity index (χ2n) is 3.54. The molecule has 0 aromatic carbocycles. The molecule has 0 aliphatic rings. The molecule has 0 spiro atoms. The first kappa shape index (κ1) is 12.0. The predicted octanol–water partition coefficient (Wildman–Crippen LogP) is 2.54. The van der Waals surface area contributed by atoms with Crippen molar-refractivity contribution in [2.45, 2.75) is 33.2 Å². The van der Waals surface area contributed by atoms with Crippen molar-refractivity contribution in [3.05, 3.63) is 23.9 Å². The van der Waals surface area contributed by atoms with E-state index < -0.39 is 0 Å². The number of ether oxygens (including phenoxy) is 1. The van der Waals surface area contributed by atoms with Gasteiger partial charge in [0, 0.05) is 18.3 Å². The molecule has 0 fully saturated rings. The van der Waals surface area contributed by atoms with Gasteiger partial charge < -0.3 is 10.1 Å². The lowest BCUT2D eigenvalue weighted by atomic mass is 10.1. The second kappa shape index (κ2) is 6.40. The first-order valence-corrected chi connectivity index (χ1v) is 5.60. The van der Waals surface area contributed by atoms with Gasteiger partial charge >= 0.3 is 0 Å². The summed E-state index contributed by atoms with van der Waals surface area (Å²) in [5, 5.41) is 3.43. The van der Waals surface area contributed by atoms with Crippen molar-refractivity contribution in [2.24, 2.45) is 0 Å². The molecule has 1 aromatic rings. The van der Waals surface area contributed by atoms with Crippen LogP contribution in [0.25, 0.3) is 0 Å². The summed E-state index contributed by atoms with van der Waals surface area (Å²) >= 11 is 0. The van der Waals surface area contributed by atoms with Crippen LogP contribution in [0.4, 0.5) is 0 Å². The minimum atomic E-state index is 0.354. The van der Waals surface area contributed by atoms with E-state index in [-0.39, 0.29) is 0 Å². The average molecular weight is 208 g/mol. The molecule has 84 valence electrons. The van der Waals surface area contributed by atoms with Gasteiger partial charge in [0.15, 0.2) is 0 Å². The highest BCUT2D eigenvalue weighted by molar-refractivity contribution is 5.23. The first-order chi connectivity index (χ1) is 7.27. The summed E-state index contributed by atoms with van der Waals surface area (Å²) in [5.74, 6) is 0.708. The SMILES string of the molecule is CCCNC(C)c1ccnc(OCC)c1. The van der Waals surface area contributed by atoms with Crippen molar-refractivity contribution >= 4 is 0 Å². The Hall–Kier alpha value is -1.09. The number of nitrogens with zero attached hydrogens (tertiary/aromatic N) is 1. The average Bonchev–Trinajstić information content (AvgIpc) is 2.27. The molecule has 1 aromatic heterocycles. The summed E-state index contributed by atoms with van der Waals surface area (Å²) in [4.78, 5) is 4.14. The Kier molecular flexibility index (Phi) is 5.12. The van der Waals surface area contributed by atoms with E-state index >= 15 is 0 Å². The van der Waals surface area contributed by atoms with E-state index in [0.29, 0.717) is 18.5 Å². The zero-order valence-corrected chi connectivity index (χ0v) is 9.79. The maximum absolute atomic E-state index is 5.36. The third-order valence-electron chi connectivity index (χ3n) is 2.25. The van der Waals surface area contributed by atoms with Gasteiger partial charge in [-0.2, -0.15) is 0 Å². The van der Waals surface area contributed by atoms with E-state index in [2.05, 4.69) is 24.1 Å². The number of rotatable bonds is 6. The van der Waals surface area contributed by atoms with E-state index in [9.17, 15) is 0 Å². The molecule has 0 aliphatic carbocycles. The second-order valence-corrected chi connectivity index (χ2v) is 3.54. The number of nitrogens with one attached hydrogen (secondary N) is 1. The van der Waals surface area contributed by atoms with Crippen molar-refractivity contribution in [3.8, 4) is 5.88 Å². The van der Waals surface area contributed by atoms with Crippen molar-refractivity contribution in [1.82, 2.24) is 10.3 Å². The van der Waals surface area contributed by atoms with Crippen molar-refractivity contribution < 1.29 is 4.74 Å². The van der Waals surface area contributed by atoms with Gasteiger partial charge in [-0.05, 0) is 38.4 Å². The Balaban J connectivity index is 2.62. The van der Waals surface area contributed by atoms with Crippen LogP contribution in [0.5, 0.6) is 5.88 Å². The molecule has 0 bridgehead atoms. The van der Waals surface area contributed by atoms with Gasteiger partial charge in [-0.15, -0.1) is 0 Å². The van der Waals surface area contributed by atoms with Crippen LogP contribution in [0.15, 0.2) is 18.3 Å². The minimum Gasteiger partial charge on any atom is -0.478 e. The molecule has 15 heavy (non-hydrogen) atoms. The summed E-state index contributed by atoms with van der Waals surface area (Å²) in [5.41, 5.74) is 1.22. The fourth-order valence-corrected chi connectivity index (χ4v) is 1.40. The molecule has 0 radical (unpaired) electrons. The highest BCUT2D eigenvalue weighted by atomic mass is 16.5. The number of aromatic nitrogens is 1. The number of hydrogen-bond acceptors (Lipinski definition) is 3. The Morgan fingerprint density at radius 2 is 2.27 bits per heavy atom. The van der Waals surface area contributed by atoms with Crippen LogP contribution < -0.4 is 10.1 Å². The highest BCUT2D eigenvalue weighted by Gasteiger charge is 2.05. The van der Waals surface area contributed by atoms with Gasteiger partial charge in [0.2, 0.25) is 5.88 Å². The van der Waals surface area contributed by atoms with Gasteiger partial charge in [0.1, 0.15) is 0 Å². The molecule has 0 amide bonds. The van der Waals surface area contributed by atoms with Crippen molar-refractivity contribution in [3.63, 3.8) is 0 Å². The highest BCUT2D eigenvalue weighted by Crippen LogP contribution is 2.16. The minimum absolute atomic E-state index is 0.354. The Labute approximate surface area is 91.9 Å². The molecule has 0 saturated heterocycles. The van der Waals surface area contributed by atoms with Crippen LogP contribution in [-0.4, -0.2) is 18.1 Å². The Morgan fingerprint density at radius 1 is 1.47 bits per heavy atom. The van der Waals surface area contributed by atoms with Crippen LogP contribution in [0.1, 0.15) is 38.8 Å². The number of pyridine rings is 1. The molecule has 1 N–H and O–H groups in total. The smallest absolute Gasteiger partial charge is 0.213 e. The Bertz CT molecular complexity index is 289. The normalized spacial score (nSPS) is 12.5. The summed E-state index contributed by atoms with van der Waals surface area (Å²) < 4.78 is 5.36. The van der Waals surface area contributed by atoms with E-state index in [4.69, 9.17) is 4.74 Å². The maximum Gasteiger partial charge on any atom is 0.213 e.